The van der Waals surface area contributed by atoms with Crippen molar-refractivity contribution in [3.8, 4) is 0 Å². The van der Waals surface area contributed by atoms with Gasteiger partial charge in [0.05, 0.1) is 0 Å². The van der Waals surface area contributed by atoms with Gasteiger partial charge in [0, 0.05) is 11.6 Å². The highest BCUT2D eigenvalue weighted by Crippen LogP contribution is 2.28. The van der Waals surface area contributed by atoms with E-state index in [4.69, 9.17) is 5.84 Å². The zero-order valence-electron chi connectivity index (χ0n) is 12.8. The summed E-state index contributed by atoms with van der Waals surface area (Å²) in [7, 11) is 4.32. The maximum absolute atomic E-state index is 5.80. The van der Waals surface area contributed by atoms with Crippen LogP contribution in [-0.2, 0) is 0 Å². The number of nitrogens with zero attached hydrogens (tertiary/aromatic N) is 1. The molecule has 18 heavy (non-hydrogen) atoms. The molecule has 0 aromatic heterocycles. The third-order valence-corrected chi connectivity index (χ3v) is 4.37. The second-order valence-corrected chi connectivity index (χ2v) is 5.35. The van der Waals surface area contributed by atoms with Gasteiger partial charge in [-0.05, 0) is 46.2 Å². The lowest BCUT2D eigenvalue weighted by Gasteiger charge is -2.45. The van der Waals surface area contributed by atoms with Crippen LogP contribution in [0, 0.1) is 0 Å². The smallest absolute Gasteiger partial charge is 0.0394 e. The second kappa shape index (κ2) is 9.54. The molecule has 108 valence electrons. The fraction of sp³-hybridized carbons (Fsp3) is 0.867. The van der Waals surface area contributed by atoms with Gasteiger partial charge in [0.2, 0.25) is 0 Å². The lowest BCUT2D eigenvalue weighted by atomic mass is 9.81. The van der Waals surface area contributed by atoms with Gasteiger partial charge < -0.3 is 4.90 Å². The molecule has 0 aromatic carbocycles. The molecular formula is C15H33N3. The van der Waals surface area contributed by atoms with Crippen molar-refractivity contribution < 1.29 is 0 Å². The van der Waals surface area contributed by atoms with Crippen LogP contribution in [0.5, 0.6) is 0 Å². The highest BCUT2D eigenvalue weighted by molar-refractivity contribution is 4.96. The number of hydrogen-bond donors (Lipinski definition) is 2. The van der Waals surface area contributed by atoms with Gasteiger partial charge in [0.1, 0.15) is 0 Å². The lowest BCUT2D eigenvalue weighted by molar-refractivity contribution is 0.0828. The van der Waals surface area contributed by atoms with Crippen molar-refractivity contribution in [2.45, 2.75) is 70.4 Å². The van der Waals surface area contributed by atoms with Crippen molar-refractivity contribution in [1.29, 1.82) is 0 Å². The maximum Gasteiger partial charge on any atom is 0.0394 e. The molecule has 3 N–H and O–H groups in total. The maximum atomic E-state index is 5.80. The number of likely N-dealkylation sites (N-methyl/N-ethyl adjacent to an activating group) is 1. The molecule has 0 heterocycles. The Morgan fingerprint density at radius 2 is 1.83 bits per heavy atom. The summed E-state index contributed by atoms with van der Waals surface area (Å²) in [4.78, 5) is 2.33. The number of hydrazine groups is 1. The fourth-order valence-electron chi connectivity index (χ4n) is 3.01. The summed E-state index contributed by atoms with van der Waals surface area (Å²) in [5, 5.41) is 0. The highest BCUT2D eigenvalue weighted by Gasteiger charge is 2.36. The molecule has 0 rings (SSSR count). The summed E-state index contributed by atoms with van der Waals surface area (Å²) in [5.41, 5.74) is 3.23. The summed E-state index contributed by atoms with van der Waals surface area (Å²) >= 11 is 0. The first-order chi connectivity index (χ1) is 8.58. The minimum absolute atomic E-state index is 0.174. The van der Waals surface area contributed by atoms with Crippen molar-refractivity contribution in [2.75, 3.05) is 14.1 Å². The zero-order chi connectivity index (χ0) is 14.0. The fourth-order valence-corrected chi connectivity index (χ4v) is 3.01. The van der Waals surface area contributed by atoms with E-state index in [1.54, 1.807) is 0 Å². The van der Waals surface area contributed by atoms with Gasteiger partial charge in [0.25, 0.3) is 0 Å². The van der Waals surface area contributed by atoms with Crippen molar-refractivity contribution in [3.05, 3.63) is 12.7 Å². The third-order valence-electron chi connectivity index (χ3n) is 4.37. The molecule has 0 aliphatic rings. The monoisotopic (exact) mass is 255 g/mol. The molecule has 3 nitrogen and oxygen atoms in total. The van der Waals surface area contributed by atoms with E-state index in [9.17, 15) is 0 Å². The largest absolute Gasteiger partial charge is 0.302 e. The van der Waals surface area contributed by atoms with Crippen LogP contribution < -0.4 is 11.3 Å². The summed E-state index contributed by atoms with van der Waals surface area (Å²) in [6, 6.07) is 0.367. The Bertz CT molecular complexity index is 210. The molecular weight excluding hydrogens is 222 g/mol. The molecule has 0 aromatic rings. The van der Waals surface area contributed by atoms with Crippen LogP contribution in [0.2, 0.25) is 0 Å². The molecule has 0 aliphatic heterocycles. The molecule has 1 atom stereocenters. The lowest BCUT2D eigenvalue weighted by Crippen LogP contribution is -2.60. The van der Waals surface area contributed by atoms with Crippen LogP contribution in [0.15, 0.2) is 12.7 Å². The topological polar surface area (TPSA) is 41.3 Å². The minimum Gasteiger partial charge on any atom is -0.302 e. The Balaban J connectivity index is 4.38. The van der Waals surface area contributed by atoms with E-state index < -0.39 is 0 Å². The molecule has 0 aliphatic carbocycles. The summed E-state index contributed by atoms with van der Waals surface area (Å²) in [6.07, 6.45) is 10.3. The van der Waals surface area contributed by atoms with Crippen molar-refractivity contribution in [3.63, 3.8) is 0 Å². The highest BCUT2D eigenvalue weighted by atomic mass is 15.3. The molecule has 0 spiro atoms. The van der Waals surface area contributed by atoms with Crippen LogP contribution in [0.1, 0.15) is 58.8 Å². The van der Waals surface area contributed by atoms with E-state index in [0.717, 1.165) is 25.7 Å². The van der Waals surface area contributed by atoms with Crippen LogP contribution in [0.25, 0.3) is 0 Å². The van der Waals surface area contributed by atoms with Gasteiger partial charge in [-0.2, -0.15) is 0 Å². The van der Waals surface area contributed by atoms with Crippen molar-refractivity contribution >= 4 is 0 Å². The number of nitrogens with two attached hydrogens (primary N) is 1. The van der Waals surface area contributed by atoms with Crippen molar-refractivity contribution in [2.24, 2.45) is 5.84 Å². The van der Waals surface area contributed by atoms with Crippen molar-refractivity contribution in [1.82, 2.24) is 10.3 Å². The number of hydrogen-bond acceptors (Lipinski definition) is 3. The van der Waals surface area contributed by atoms with Gasteiger partial charge in [-0.15, -0.1) is 6.58 Å². The average molecular weight is 255 g/mol. The van der Waals surface area contributed by atoms with Crippen LogP contribution in [0.4, 0.5) is 0 Å². The number of rotatable bonds is 11. The van der Waals surface area contributed by atoms with Crippen LogP contribution in [0.3, 0.4) is 0 Å². The Labute approximate surface area is 114 Å². The van der Waals surface area contributed by atoms with E-state index in [0.29, 0.717) is 6.04 Å². The first-order valence-electron chi connectivity index (χ1n) is 7.33. The van der Waals surface area contributed by atoms with Crippen LogP contribution in [-0.4, -0.2) is 30.6 Å². The Morgan fingerprint density at radius 3 is 2.22 bits per heavy atom. The minimum atomic E-state index is 0.174. The van der Waals surface area contributed by atoms with Gasteiger partial charge in [0.15, 0.2) is 0 Å². The molecule has 1 unspecified atom stereocenters. The second-order valence-electron chi connectivity index (χ2n) is 5.35. The van der Waals surface area contributed by atoms with Gasteiger partial charge in [-0.1, -0.05) is 32.8 Å². The predicted octanol–water partition coefficient (Wildman–Crippen LogP) is 3.08. The standard InChI is InChI=1S/C15H33N3/c1-6-9-10-11-12-13-14(17-16)15(7-2,8-3)18(4)5/h6,14,17H,1,7-13,16H2,2-5H3. The normalized spacial score (nSPS) is 13.9. The predicted molar refractivity (Wildman–Crippen MR) is 81.4 cm³/mol. The summed E-state index contributed by atoms with van der Waals surface area (Å²) < 4.78 is 0. The molecule has 0 bridgehead atoms. The average Bonchev–Trinajstić information content (AvgIpc) is 2.37. The molecule has 0 saturated carbocycles. The van der Waals surface area contributed by atoms with E-state index in [1.165, 1.54) is 19.3 Å². The first-order valence-corrected chi connectivity index (χ1v) is 7.33. The first kappa shape index (κ1) is 17.6. The number of unbranched alkanes of at least 4 members (excludes halogenated alkanes) is 3. The number of nitrogens with one attached hydrogen (secondary N) is 1. The molecule has 0 radical (unpaired) electrons. The Kier molecular flexibility index (Phi) is 9.34. The third kappa shape index (κ3) is 4.71. The Morgan fingerprint density at radius 1 is 1.22 bits per heavy atom. The summed E-state index contributed by atoms with van der Waals surface area (Å²) in [5.74, 6) is 5.80. The van der Waals surface area contributed by atoms with E-state index in [1.807, 2.05) is 6.08 Å². The van der Waals surface area contributed by atoms with E-state index in [2.05, 4.69) is 44.8 Å². The molecule has 0 fully saturated rings. The van der Waals surface area contributed by atoms with Gasteiger partial charge in [-0.3, -0.25) is 11.3 Å². The van der Waals surface area contributed by atoms with E-state index in [-0.39, 0.29) is 5.54 Å². The van der Waals surface area contributed by atoms with Gasteiger partial charge in [-0.25, -0.2) is 0 Å². The zero-order valence-corrected chi connectivity index (χ0v) is 12.8. The quantitative estimate of drug-likeness (QED) is 0.258. The Hall–Kier alpha value is -0.380. The number of allylic oxidation sites excluding steroid dienone is 1. The summed E-state index contributed by atoms with van der Waals surface area (Å²) in [6.45, 7) is 8.27. The molecule has 0 amide bonds. The molecule has 3 heteroatoms. The van der Waals surface area contributed by atoms with E-state index >= 15 is 0 Å². The van der Waals surface area contributed by atoms with Crippen LogP contribution >= 0.6 is 0 Å². The molecule has 0 saturated heterocycles. The SMILES string of the molecule is C=CCCCCCC(NN)C(CC)(CC)N(C)C. The van der Waals surface area contributed by atoms with Gasteiger partial charge >= 0.3 is 0 Å².